The minimum atomic E-state index is -0.291. The van der Waals surface area contributed by atoms with Gasteiger partial charge in [0.05, 0.1) is 16.7 Å². The Balaban J connectivity index is 1.64. The number of carbonyl (C=O) groups excluding carboxylic acids is 3. The second kappa shape index (κ2) is 8.30. The number of nitrogens with zero attached hydrogens (tertiary/aromatic N) is 1. The Kier molecular flexibility index (Phi) is 5.64. The first-order valence-electron chi connectivity index (χ1n) is 8.30. The topological polar surface area (TPSA) is 72.9 Å². The van der Waals surface area contributed by atoms with Crippen LogP contribution in [0.15, 0.2) is 42.5 Å². The maximum Gasteiger partial charge on any atom is 0.261 e. The number of amides is 2. The van der Waals surface area contributed by atoms with E-state index in [1.165, 1.54) is 12.0 Å². The fourth-order valence-corrected chi connectivity index (χ4v) is 2.75. The number of rotatable bonds is 6. The molecule has 0 unspecified atom stereocenters. The summed E-state index contributed by atoms with van der Waals surface area (Å²) < 4.78 is 10.1. The average Bonchev–Trinajstić information content (AvgIpc) is 2.94. The first kappa shape index (κ1) is 18.4. The van der Waals surface area contributed by atoms with Gasteiger partial charge in [-0.15, -0.1) is 0 Å². The molecule has 0 bridgehead atoms. The van der Waals surface area contributed by atoms with Gasteiger partial charge < -0.3 is 9.47 Å². The Bertz CT molecular complexity index is 920. The highest BCUT2D eigenvalue weighted by Gasteiger charge is 2.34. The Morgan fingerprint density at radius 1 is 1.07 bits per heavy atom. The first-order chi connectivity index (χ1) is 13.2. The standard InChI is InChI=1S/C21H17NO5/c1-26-14-27-19-10-9-15(12-16(19)13-23)6-4-5-11-22-20(24)17-7-2-3-8-18(17)21(22)25/h2-3,7-10,12-13H,5,11,14H2,1H3. The van der Waals surface area contributed by atoms with Crippen LogP contribution in [-0.4, -0.2) is 43.4 Å². The summed E-state index contributed by atoms with van der Waals surface area (Å²) in [4.78, 5) is 36.9. The Labute approximate surface area is 156 Å². The molecule has 6 nitrogen and oxygen atoms in total. The largest absolute Gasteiger partial charge is 0.467 e. The van der Waals surface area contributed by atoms with Gasteiger partial charge in [-0.1, -0.05) is 24.0 Å². The summed E-state index contributed by atoms with van der Waals surface area (Å²) in [5.41, 5.74) is 1.87. The second-order valence-corrected chi connectivity index (χ2v) is 5.78. The summed E-state index contributed by atoms with van der Waals surface area (Å²) in [7, 11) is 1.49. The molecule has 0 saturated carbocycles. The molecule has 2 aromatic carbocycles. The molecule has 1 aliphatic heterocycles. The predicted molar refractivity (Wildman–Crippen MR) is 97.6 cm³/mol. The number of imide groups is 1. The van der Waals surface area contributed by atoms with Crippen molar-refractivity contribution < 1.29 is 23.9 Å². The van der Waals surface area contributed by atoms with Gasteiger partial charge in [0.2, 0.25) is 0 Å². The van der Waals surface area contributed by atoms with Crippen molar-refractivity contribution in [1.82, 2.24) is 4.90 Å². The smallest absolute Gasteiger partial charge is 0.261 e. The molecule has 3 rings (SSSR count). The summed E-state index contributed by atoms with van der Waals surface area (Å²) in [5, 5.41) is 0. The van der Waals surface area contributed by atoms with Crippen LogP contribution in [0.2, 0.25) is 0 Å². The summed E-state index contributed by atoms with van der Waals surface area (Å²) in [6.45, 7) is 0.265. The molecular formula is C21H17NO5. The zero-order valence-corrected chi connectivity index (χ0v) is 14.7. The fourth-order valence-electron chi connectivity index (χ4n) is 2.75. The van der Waals surface area contributed by atoms with Crippen LogP contribution in [0.4, 0.5) is 0 Å². The summed E-state index contributed by atoms with van der Waals surface area (Å²) in [6.07, 6.45) is 1.03. The minimum Gasteiger partial charge on any atom is -0.467 e. The van der Waals surface area contributed by atoms with E-state index in [9.17, 15) is 14.4 Å². The molecule has 136 valence electrons. The third-order valence-corrected chi connectivity index (χ3v) is 4.04. The van der Waals surface area contributed by atoms with E-state index in [2.05, 4.69) is 11.8 Å². The van der Waals surface area contributed by atoms with Crippen LogP contribution in [0, 0.1) is 11.8 Å². The first-order valence-corrected chi connectivity index (χ1v) is 8.30. The number of hydrogen-bond acceptors (Lipinski definition) is 5. The van der Waals surface area contributed by atoms with E-state index in [4.69, 9.17) is 9.47 Å². The third-order valence-electron chi connectivity index (χ3n) is 4.04. The van der Waals surface area contributed by atoms with Crippen LogP contribution in [0.1, 0.15) is 43.1 Å². The van der Waals surface area contributed by atoms with E-state index in [0.29, 0.717) is 40.7 Å². The fraction of sp³-hybridized carbons (Fsp3) is 0.190. The molecule has 1 heterocycles. The molecule has 0 atom stereocenters. The maximum absolute atomic E-state index is 12.3. The van der Waals surface area contributed by atoms with E-state index in [1.807, 2.05) is 0 Å². The number of fused-ring (bicyclic) bond motifs is 1. The zero-order chi connectivity index (χ0) is 19.2. The lowest BCUT2D eigenvalue weighted by Crippen LogP contribution is -2.30. The van der Waals surface area contributed by atoms with Gasteiger partial charge in [0.1, 0.15) is 5.75 Å². The van der Waals surface area contributed by atoms with Gasteiger partial charge >= 0.3 is 0 Å². The van der Waals surface area contributed by atoms with Crippen molar-refractivity contribution >= 4 is 18.1 Å². The number of aldehydes is 1. The lowest BCUT2D eigenvalue weighted by Gasteiger charge is -2.11. The molecule has 0 radical (unpaired) electrons. The number of benzene rings is 2. The van der Waals surface area contributed by atoms with E-state index in [1.54, 1.807) is 42.5 Å². The van der Waals surface area contributed by atoms with Gasteiger partial charge in [-0.05, 0) is 30.3 Å². The van der Waals surface area contributed by atoms with Crippen molar-refractivity contribution in [3.8, 4) is 17.6 Å². The lowest BCUT2D eigenvalue weighted by atomic mass is 10.1. The zero-order valence-electron chi connectivity index (χ0n) is 14.7. The van der Waals surface area contributed by atoms with Gasteiger partial charge in [-0.25, -0.2) is 0 Å². The van der Waals surface area contributed by atoms with Crippen LogP contribution in [-0.2, 0) is 4.74 Å². The molecule has 0 fully saturated rings. The molecule has 0 spiro atoms. The number of carbonyl (C=O) groups is 3. The van der Waals surface area contributed by atoms with E-state index >= 15 is 0 Å². The van der Waals surface area contributed by atoms with Crippen LogP contribution in [0.5, 0.6) is 5.75 Å². The van der Waals surface area contributed by atoms with Crippen LogP contribution in [0.25, 0.3) is 0 Å². The molecule has 0 saturated heterocycles. The van der Waals surface area contributed by atoms with Crippen LogP contribution < -0.4 is 4.74 Å². The molecule has 2 amide bonds. The van der Waals surface area contributed by atoms with Gasteiger partial charge in [-0.3, -0.25) is 19.3 Å². The monoisotopic (exact) mass is 363 g/mol. The Morgan fingerprint density at radius 2 is 1.78 bits per heavy atom. The number of hydrogen-bond donors (Lipinski definition) is 0. The normalized spacial score (nSPS) is 12.4. The second-order valence-electron chi connectivity index (χ2n) is 5.78. The van der Waals surface area contributed by atoms with Crippen LogP contribution >= 0.6 is 0 Å². The highest BCUT2D eigenvalue weighted by molar-refractivity contribution is 6.21. The molecule has 1 aliphatic rings. The van der Waals surface area contributed by atoms with Crippen LogP contribution in [0.3, 0.4) is 0 Å². The molecule has 6 heteroatoms. The predicted octanol–water partition coefficient (Wildman–Crippen LogP) is 2.52. The maximum atomic E-state index is 12.3. The lowest BCUT2D eigenvalue weighted by molar-refractivity contribution is 0.0505. The van der Waals surface area contributed by atoms with Gasteiger partial charge in [-0.2, -0.15) is 0 Å². The number of methoxy groups -OCH3 is 1. The van der Waals surface area contributed by atoms with E-state index in [-0.39, 0.29) is 25.2 Å². The minimum absolute atomic E-state index is 0.0478. The highest BCUT2D eigenvalue weighted by Crippen LogP contribution is 2.22. The molecule has 27 heavy (non-hydrogen) atoms. The molecule has 0 aromatic heterocycles. The summed E-state index contributed by atoms with van der Waals surface area (Å²) >= 11 is 0. The average molecular weight is 363 g/mol. The molecule has 2 aromatic rings. The molecule has 0 N–H and O–H groups in total. The summed E-state index contributed by atoms with van der Waals surface area (Å²) in [5.74, 6) is 5.70. The summed E-state index contributed by atoms with van der Waals surface area (Å²) in [6, 6.07) is 11.8. The van der Waals surface area contributed by atoms with E-state index in [0.717, 1.165) is 0 Å². The van der Waals surface area contributed by atoms with Gasteiger partial charge in [0.25, 0.3) is 11.8 Å². The van der Waals surface area contributed by atoms with E-state index < -0.39 is 0 Å². The van der Waals surface area contributed by atoms with Crippen molar-refractivity contribution in [2.24, 2.45) is 0 Å². The van der Waals surface area contributed by atoms with Crippen molar-refractivity contribution in [3.05, 3.63) is 64.7 Å². The SMILES string of the molecule is COCOc1ccc(C#CCCN2C(=O)c3ccccc3C2=O)cc1C=O. The van der Waals surface area contributed by atoms with Crippen molar-refractivity contribution in [1.29, 1.82) is 0 Å². The molecular weight excluding hydrogens is 346 g/mol. The highest BCUT2D eigenvalue weighted by atomic mass is 16.7. The Morgan fingerprint density at radius 3 is 2.41 bits per heavy atom. The van der Waals surface area contributed by atoms with Crippen molar-refractivity contribution in [3.63, 3.8) is 0 Å². The van der Waals surface area contributed by atoms with Gasteiger partial charge in [0, 0.05) is 25.6 Å². The number of ether oxygens (including phenoxy) is 2. The Hall–Kier alpha value is -3.43. The van der Waals surface area contributed by atoms with Crippen molar-refractivity contribution in [2.75, 3.05) is 20.4 Å². The third kappa shape index (κ3) is 3.89. The quantitative estimate of drug-likeness (QED) is 0.341. The van der Waals surface area contributed by atoms with Crippen molar-refractivity contribution in [2.45, 2.75) is 6.42 Å². The molecule has 0 aliphatic carbocycles. The van der Waals surface area contributed by atoms with Gasteiger partial charge in [0.15, 0.2) is 13.1 Å².